The van der Waals surface area contributed by atoms with Gasteiger partial charge in [-0.2, -0.15) is 10.4 Å². The van der Waals surface area contributed by atoms with Gasteiger partial charge in [-0.3, -0.25) is 14.6 Å². The number of fused-ring (bicyclic) bond motifs is 2. The molecule has 7 rings (SSSR count). The monoisotopic (exact) mass is 612 g/mol. The van der Waals surface area contributed by atoms with Gasteiger partial charge >= 0.3 is 0 Å². The minimum absolute atomic E-state index is 0.0486. The van der Waals surface area contributed by atoms with Crippen molar-refractivity contribution in [1.82, 2.24) is 29.6 Å². The summed E-state index contributed by atoms with van der Waals surface area (Å²) >= 11 is 0. The van der Waals surface area contributed by atoms with Crippen LogP contribution in [0.5, 0.6) is 5.75 Å². The number of carbonyl (C=O) groups excluding carboxylic acids is 1. The molecule has 232 valence electrons. The van der Waals surface area contributed by atoms with Crippen LogP contribution in [0, 0.1) is 23.1 Å². The van der Waals surface area contributed by atoms with Gasteiger partial charge in [-0.05, 0) is 49.3 Å². The Morgan fingerprint density at radius 3 is 2.64 bits per heavy atom. The Kier molecular flexibility index (Phi) is 7.65. The van der Waals surface area contributed by atoms with Crippen LogP contribution in [0.15, 0.2) is 36.8 Å². The predicted molar refractivity (Wildman–Crippen MR) is 163 cm³/mol. The topological polar surface area (TPSA) is 113 Å². The highest BCUT2D eigenvalue weighted by atomic mass is 19.1. The van der Waals surface area contributed by atoms with E-state index < -0.39 is 18.0 Å². The van der Waals surface area contributed by atoms with Crippen LogP contribution in [0.4, 0.5) is 14.5 Å². The van der Waals surface area contributed by atoms with Crippen molar-refractivity contribution in [3.63, 3.8) is 0 Å². The van der Waals surface area contributed by atoms with Crippen molar-refractivity contribution in [1.29, 1.82) is 5.26 Å². The highest BCUT2D eigenvalue weighted by Crippen LogP contribution is 2.41. The number of likely N-dealkylation sites (tertiary alicyclic amines) is 1. The van der Waals surface area contributed by atoms with Crippen LogP contribution in [0.25, 0.3) is 22.2 Å². The van der Waals surface area contributed by atoms with E-state index in [4.69, 9.17) is 9.72 Å². The molecule has 0 spiro atoms. The lowest BCUT2D eigenvalue weighted by atomic mass is 9.89. The van der Waals surface area contributed by atoms with Gasteiger partial charge in [0.1, 0.15) is 23.8 Å². The summed E-state index contributed by atoms with van der Waals surface area (Å²) in [6, 6.07) is 7.83. The van der Waals surface area contributed by atoms with E-state index in [1.165, 1.54) is 11.3 Å². The third-order valence-electron chi connectivity index (χ3n) is 9.14. The number of carbonyl (C=O) groups is 1. The van der Waals surface area contributed by atoms with Crippen molar-refractivity contribution in [2.24, 2.45) is 5.92 Å². The van der Waals surface area contributed by atoms with E-state index in [1.54, 1.807) is 16.9 Å². The highest BCUT2D eigenvalue weighted by molar-refractivity contribution is 6.00. The van der Waals surface area contributed by atoms with Gasteiger partial charge in [0, 0.05) is 30.1 Å². The summed E-state index contributed by atoms with van der Waals surface area (Å²) in [5.74, 6) is 0.131. The number of pyridine rings is 1. The molecule has 1 saturated heterocycles. The first-order chi connectivity index (χ1) is 21.8. The maximum absolute atomic E-state index is 15.8. The smallest absolute Gasteiger partial charge is 0.265 e. The maximum Gasteiger partial charge on any atom is 0.265 e. The average Bonchev–Trinajstić information content (AvgIpc) is 3.40. The van der Waals surface area contributed by atoms with E-state index >= 15 is 4.39 Å². The Balaban J connectivity index is 1.29. The fourth-order valence-electron chi connectivity index (χ4n) is 6.67. The fraction of sp³-hybridized carbons (Fsp3) is 0.455. The number of nitriles is 1. The number of benzene rings is 1. The van der Waals surface area contributed by atoms with E-state index in [0.29, 0.717) is 76.1 Å². The molecule has 1 aliphatic carbocycles. The first kappa shape index (κ1) is 29.2. The number of halogens is 2. The van der Waals surface area contributed by atoms with Crippen LogP contribution in [0.1, 0.15) is 62.7 Å². The van der Waals surface area contributed by atoms with Crippen molar-refractivity contribution >= 4 is 22.6 Å². The number of aromatic nitrogens is 5. The number of nitrogens with zero attached hydrogens (tertiary/aromatic N) is 8. The molecular formula is C33H34F2N8O2. The Labute approximate surface area is 259 Å². The van der Waals surface area contributed by atoms with E-state index in [0.717, 1.165) is 31.8 Å². The molecule has 4 aromatic rings. The standard InChI is InChI=1S/C33H34F2N8O2/c1-19(2)10-26-23(12-36)32(24-15-39-43(33(24)40-26)27-8-9-41(16-25(27)35)22-4-3-5-22)20-6-7-28-29(11-20)45-18-31(44)42(28)17-30-37-13-21(34)14-38-30/h6-7,11,13-15,19,22,25,27H,3-5,8-10,16-18H2,1-2H3/t25-,27+/m1/s1. The van der Waals surface area contributed by atoms with E-state index in [2.05, 4.69) is 39.9 Å². The Bertz CT molecular complexity index is 1800. The van der Waals surface area contributed by atoms with Gasteiger partial charge in [-0.1, -0.05) is 26.3 Å². The van der Waals surface area contributed by atoms with Crippen molar-refractivity contribution in [2.75, 3.05) is 24.6 Å². The molecule has 10 nitrogen and oxygen atoms in total. The fourth-order valence-corrected chi connectivity index (χ4v) is 6.67. The van der Waals surface area contributed by atoms with E-state index in [1.807, 2.05) is 12.1 Å². The second-order valence-electron chi connectivity index (χ2n) is 12.6. The van der Waals surface area contributed by atoms with Gasteiger partial charge in [-0.15, -0.1) is 0 Å². The van der Waals surface area contributed by atoms with Crippen molar-refractivity contribution in [2.45, 2.75) is 70.8 Å². The molecule has 2 aliphatic heterocycles. The molecule has 2 atom stereocenters. The molecule has 2 fully saturated rings. The molecule has 5 heterocycles. The molecular weight excluding hydrogens is 578 g/mol. The number of anilines is 1. The zero-order valence-electron chi connectivity index (χ0n) is 25.3. The van der Waals surface area contributed by atoms with Crippen LogP contribution < -0.4 is 9.64 Å². The number of hydrogen-bond acceptors (Lipinski definition) is 8. The predicted octanol–water partition coefficient (Wildman–Crippen LogP) is 5.16. The Morgan fingerprint density at radius 2 is 1.96 bits per heavy atom. The second kappa shape index (κ2) is 11.8. The van der Waals surface area contributed by atoms with Crippen molar-refractivity contribution < 1.29 is 18.3 Å². The first-order valence-corrected chi connectivity index (χ1v) is 15.5. The van der Waals surface area contributed by atoms with Crippen LogP contribution in [0.3, 0.4) is 0 Å². The van der Waals surface area contributed by atoms with Gasteiger partial charge in [0.2, 0.25) is 0 Å². The Hall–Kier alpha value is -4.50. The van der Waals surface area contributed by atoms with Crippen LogP contribution in [0.2, 0.25) is 0 Å². The number of rotatable bonds is 7. The SMILES string of the molecule is CC(C)Cc1nc2c(cnn2[C@H]2CCN(C3CCC3)C[C@H]2F)c(-c2ccc3c(c2)OCC(=O)N3Cc2ncc(F)cn2)c1C#N. The molecule has 1 saturated carbocycles. The second-order valence-corrected chi connectivity index (χ2v) is 12.6. The van der Waals surface area contributed by atoms with Crippen LogP contribution in [-0.4, -0.2) is 67.4 Å². The largest absolute Gasteiger partial charge is 0.482 e. The van der Waals surface area contributed by atoms with Gasteiger partial charge < -0.3 is 4.74 Å². The third-order valence-corrected chi connectivity index (χ3v) is 9.14. The summed E-state index contributed by atoms with van der Waals surface area (Å²) in [6.45, 7) is 5.20. The van der Waals surface area contributed by atoms with E-state index in [-0.39, 0.29) is 25.0 Å². The molecule has 1 aromatic carbocycles. The zero-order chi connectivity index (χ0) is 31.2. The lowest BCUT2D eigenvalue weighted by Gasteiger charge is -2.43. The van der Waals surface area contributed by atoms with Crippen molar-refractivity contribution in [3.8, 4) is 22.9 Å². The maximum atomic E-state index is 15.8. The molecule has 45 heavy (non-hydrogen) atoms. The summed E-state index contributed by atoms with van der Waals surface area (Å²) in [5, 5.41) is 15.8. The van der Waals surface area contributed by atoms with Crippen LogP contribution >= 0.6 is 0 Å². The highest BCUT2D eigenvalue weighted by Gasteiger charge is 2.37. The lowest BCUT2D eigenvalue weighted by Crippen LogP contribution is -2.49. The normalized spacial score (nSPS) is 20.6. The zero-order valence-corrected chi connectivity index (χ0v) is 25.3. The molecule has 0 bridgehead atoms. The minimum Gasteiger partial charge on any atom is -0.482 e. The van der Waals surface area contributed by atoms with Crippen molar-refractivity contribution in [3.05, 3.63) is 59.7 Å². The van der Waals surface area contributed by atoms with Gasteiger partial charge in [-0.25, -0.2) is 28.4 Å². The van der Waals surface area contributed by atoms with Gasteiger partial charge in [0.25, 0.3) is 5.91 Å². The first-order valence-electron chi connectivity index (χ1n) is 15.5. The molecule has 1 amide bonds. The number of piperidine rings is 1. The van der Waals surface area contributed by atoms with Crippen LogP contribution in [-0.2, 0) is 17.8 Å². The molecule has 0 unspecified atom stereocenters. The van der Waals surface area contributed by atoms with Gasteiger partial charge in [0.15, 0.2) is 18.1 Å². The number of hydrogen-bond donors (Lipinski definition) is 0. The quantitative estimate of drug-likeness (QED) is 0.281. The summed E-state index contributed by atoms with van der Waals surface area (Å²) in [6.07, 6.45) is 7.42. The molecule has 3 aliphatic rings. The van der Waals surface area contributed by atoms with Gasteiger partial charge in [0.05, 0.1) is 48.1 Å². The number of alkyl halides is 1. The molecule has 12 heteroatoms. The molecule has 0 N–H and O–H groups in total. The number of ether oxygens (including phenoxy) is 1. The Morgan fingerprint density at radius 1 is 1.16 bits per heavy atom. The minimum atomic E-state index is -1.08. The molecule has 0 radical (unpaired) electrons. The average molecular weight is 613 g/mol. The summed E-state index contributed by atoms with van der Waals surface area (Å²) in [7, 11) is 0. The lowest BCUT2D eigenvalue weighted by molar-refractivity contribution is -0.121. The summed E-state index contributed by atoms with van der Waals surface area (Å²) < 4.78 is 36.7. The van der Waals surface area contributed by atoms with E-state index in [9.17, 15) is 14.4 Å². The third kappa shape index (κ3) is 5.39. The molecule has 3 aromatic heterocycles. The summed E-state index contributed by atoms with van der Waals surface area (Å²) in [4.78, 5) is 29.6. The number of amides is 1. The summed E-state index contributed by atoms with van der Waals surface area (Å²) in [5.41, 5.74) is 3.52.